The Labute approximate surface area is 148 Å². The number of aliphatic hydroxyl groups excluding tert-OH is 1. The Morgan fingerprint density at radius 3 is 2.48 bits per heavy atom. The lowest BCUT2D eigenvalue weighted by Crippen LogP contribution is -2.37. The van der Waals surface area contributed by atoms with E-state index in [1.807, 2.05) is 0 Å². The Morgan fingerprint density at radius 2 is 1.92 bits per heavy atom. The highest BCUT2D eigenvalue weighted by Gasteiger charge is 2.26. The minimum absolute atomic E-state index is 0.118. The highest BCUT2D eigenvalue weighted by molar-refractivity contribution is 6.31. The molecule has 1 amide bonds. The zero-order chi connectivity index (χ0) is 18.7. The van der Waals surface area contributed by atoms with Crippen molar-refractivity contribution in [2.24, 2.45) is 0 Å². The van der Waals surface area contributed by atoms with Crippen LogP contribution >= 0.6 is 11.6 Å². The summed E-state index contributed by atoms with van der Waals surface area (Å²) in [7, 11) is 0. The van der Waals surface area contributed by atoms with Gasteiger partial charge in [0.2, 0.25) is 0 Å². The zero-order valence-corrected chi connectivity index (χ0v) is 14.2. The number of nitrogens with one attached hydrogen (secondary N) is 1. The van der Waals surface area contributed by atoms with Gasteiger partial charge in [-0.05, 0) is 43.2 Å². The Kier molecular flexibility index (Phi) is 5.71. The first-order chi connectivity index (χ1) is 11.7. The van der Waals surface area contributed by atoms with Crippen LogP contribution in [0.2, 0.25) is 5.02 Å². The number of nitrogens with zero attached hydrogens (tertiary/aromatic N) is 1. The lowest BCUT2D eigenvalue weighted by molar-refractivity contribution is -0.385. The third-order valence-electron chi connectivity index (χ3n) is 3.75. The van der Waals surface area contributed by atoms with E-state index in [-0.39, 0.29) is 10.6 Å². The van der Waals surface area contributed by atoms with Crippen LogP contribution in [0.5, 0.6) is 0 Å². The summed E-state index contributed by atoms with van der Waals surface area (Å²) in [5.41, 5.74) is 0.232. The number of benzene rings is 2. The summed E-state index contributed by atoms with van der Waals surface area (Å²) in [6.45, 7) is 3.08. The maximum atomic E-state index is 13.0. The van der Waals surface area contributed by atoms with Crippen molar-refractivity contribution < 1.29 is 19.2 Å². The van der Waals surface area contributed by atoms with E-state index < -0.39 is 34.5 Å². The standard InChI is InChI=1S/C17H16ClFN2O4/c1-9-7-12(18)8-14(21(24)25)15(9)17(23)20-10(2)16(22)11-3-5-13(19)6-4-11/h3-8,10,16,22H,1-2H3,(H,20,23)/t10-,16-/m1/s1. The average molecular weight is 367 g/mol. The molecule has 0 unspecified atom stereocenters. The normalized spacial score (nSPS) is 13.2. The van der Waals surface area contributed by atoms with Gasteiger partial charge in [-0.1, -0.05) is 23.7 Å². The second-order valence-corrected chi connectivity index (χ2v) is 6.07. The second-order valence-electron chi connectivity index (χ2n) is 5.63. The number of aliphatic hydroxyl groups is 1. The molecule has 0 heterocycles. The Hall–Kier alpha value is -2.51. The highest BCUT2D eigenvalue weighted by atomic mass is 35.5. The SMILES string of the molecule is Cc1cc(Cl)cc([N+](=O)[O-])c1C(=O)N[C@H](C)[C@@H](O)c1ccc(F)cc1. The van der Waals surface area contributed by atoms with Gasteiger partial charge in [-0.3, -0.25) is 14.9 Å². The molecular formula is C17H16ClFN2O4. The molecule has 0 aliphatic heterocycles. The van der Waals surface area contributed by atoms with Crippen molar-refractivity contribution in [3.05, 3.63) is 74.0 Å². The number of halogens is 2. The molecule has 2 rings (SSSR count). The van der Waals surface area contributed by atoms with Crippen LogP contribution in [0, 0.1) is 22.9 Å². The molecule has 0 saturated carbocycles. The number of nitro groups is 1. The molecule has 0 radical (unpaired) electrons. The molecule has 2 atom stereocenters. The molecule has 2 aromatic carbocycles. The van der Waals surface area contributed by atoms with Crippen molar-refractivity contribution in [2.75, 3.05) is 0 Å². The van der Waals surface area contributed by atoms with E-state index in [1.54, 1.807) is 6.92 Å². The predicted molar refractivity (Wildman–Crippen MR) is 91.1 cm³/mol. The quantitative estimate of drug-likeness (QED) is 0.625. The Morgan fingerprint density at radius 1 is 1.32 bits per heavy atom. The predicted octanol–water partition coefficient (Wildman–Crippen LogP) is 3.55. The molecule has 0 aromatic heterocycles. The van der Waals surface area contributed by atoms with Crippen molar-refractivity contribution in [1.82, 2.24) is 5.32 Å². The number of hydrogen-bond acceptors (Lipinski definition) is 4. The smallest absolute Gasteiger partial charge is 0.283 e. The first kappa shape index (κ1) is 18.8. The molecule has 2 aromatic rings. The molecule has 0 spiro atoms. The van der Waals surface area contributed by atoms with Crippen LogP contribution in [0.3, 0.4) is 0 Å². The Balaban J connectivity index is 2.24. The summed E-state index contributed by atoms with van der Waals surface area (Å²) in [5.74, 6) is -1.14. The number of rotatable bonds is 5. The molecule has 0 aliphatic carbocycles. The van der Waals surface area contributed by atoms with Gasteiger partial charge < -0.3 is 10.4 Å². The van der Waals surface area contributed by atoms with Gasteiger partial charge >= 0.3 is 0 Å². The summed E-state index contributed by atoms with van der Waals surface area (Å²) >= 11 is 5.81. The third kappa shape index (κ3) is 4.32. The van der Waals surface area contributed by atoms with Gasteiger partial charge in [0.15, 0.2) is 0 Å². The van der Waals surface area contributed by atoms with Crippen molar-refractivity contribution in [2.45, 2.75) is 26.0 Å². The molecule has 0 saturated heterocycles. The molecule has 25 heavy (non-hydrogen) atoms. The van der Waals surface area contributed by atoms with Crippen LogP contribution in [-0.2, 0) is 0 Å². The zero-order valence-electron chi connectivity index (χ0n) is 13.5. The second kappa shape index (κ2) is 7.58. The average Bonchev–Trinajstić information content (AvgIpc) is 2.53. The van der Waals surface area contributed by atoms with Gasteiger partial charge in [0.1, 0.15) is 11.4 Å². The first-order valence-corrected chi connectivity index (χ1v) is 7.77. The van der Waals surface area contributed by atoms with Gasteiger partial charge in [0.25, 0.3) is 11.6 Å². The van der Waals surface area contributed by atoms with Gasteiger partial charge in [-0.25, -0.2) is 4.39 Å². The van der Waals surface area contributed by atoms with Crippen molar-refractivity contribution in [1.29, 1.82) is 0 Å². The van der Waals surface area contributed by atoms with E-state index in [9.17, 15) is 24.4 Å². The number of aryl methyl sites for hydroxylation is 1. The number of nitro benzene ring substituents is 1. The topological polar surface area (TPSA) is 92.5 Å². The van der Waals surface area contributed by atoms with Crippen LogP contribution in [0.15, 0.2) is 36.4 Å². The third-order valence-corrected chi connectivity index (χ3v) is 3.97. The summed E-state index contributed by atoms with van der Waals surface area (Å²) in [5, 5.41) is 24.1. The molecule has 0 bridgehead atoms. The maximum absolute atomic E-state index is 13.0. The van der Waals surface area contributed by atoms with Gasteiger partial charge in [-0.2, -0.15) is 0 Å². The van der Waals surface area contributed by atoms with Crippen molar-refractivity contribution >= 4 is 23.2 Å². The fourth-order valence-electron chi connectivity index (χ4n) is 2.47. The fourth-order valence-corrected chi connectivity index (χ4v) is 2.74. The number of carbonyl (C=O) groups excluding carboxylic acids is 1. The van der Waals surface area contributed by atoms with E-state index in [4.69, 9.17) is 11.6 Å². The Bertz CT molecular complexity index is 811. The number of carbonyl (C=O) groups is 1. The van der Waals surface area contributed by atoms with Crippen LogP contribution in [0.4, 0.5) is 10.1 Å². The van der Waals surface area contributed by atoms with Gasteiger partial charge in [0, 0.05) is 11.1 Å². The minimum atomic E-state index is -1.10. The van der Waals surface area contributed by atoms with E-state index in [0.717, 1.165) is 6.07 Å². The van der Waals surface area contributed by atoms with E-state index in [1.165, 1.54) is 37.3 Å². The van der Waals surface area contributed by atoms with Crippen molar-refractivity contribution in [3.8, 4) is 0 Å². The van der Waals surface area contributed by atoms with Crippen LogP contribution in [0.1, 0.15) is 34.5 Å². The first-order valence-electron chi connectivity index (χ1n) is 7.39. The van der Waals surface area contributed by atoms with Crippen LogP contribution in [-0.4, -0.2) is 22.0 Å². The van der Waals surface area contributed by atoms with E-state index in [0.29, 0.717) is 11.1 Å². The lowest BCUT2D eigenvalue weighted by atomic mass is 10.0. The summed E-state index contributed by atoms with van der Waals surface area (Å²) in [4.78, 5) is 23.0. The fraction of sp³-hybridized carbons (Fsp3) is 0.235. The largest absolute Gasteiger partial charge is 0.386 e. The van der Waals surface area contributed by atoms with Gasteiger partial charge in [0.05, 0.1) is 17.1 Å². The molecule has 132 valence electrons. The van der Waals surface area contributed by atoms with Crippen molar-refractivity contribution in [3.63, 3.8) is 0 Å². The monoisotopic (exact) mass is 366 g/mol. The molecular weight excluding hydrogens is 351 g/mol. The number of hydrogen-bond donors (Lipinski definition) is 2. The van der Waals surface area contributed by atoms with Gasteiger partial charge in [-0.15, -0.1) is 0 Å². The molecule has 6 nitrogen and oxygen atoms in total. The summed E-state index contributed by atoms with van der Waals surface area (Å²) in [6, 6.07) is 6.99. The summed E-state index contributed by atoms with van der Waals surface area (Å²) < 4.78 is 13.0. The summed E-state index contributed by atoms with van der Waals surface area (Å²) in [6.07, 6.45) is -1.10. The minimum Gasteiger partial charge on any atom is -0.386 e. The number of amides is 1. The van der Waals surface area contributed by atoms with E-state index in [2.05, 4.69) is 5.32 Å². The maximum Gasteiger partial charge on any atom is 0.283 e. The lowest BCUT2D eigenvalue weighted by Gasteiger charge is -2.21. The molecule has 0 fully saturated rings. The van der Waals surface area contributed by atoms with Crippen LogP contribution < -0.4 is 5.32 Å². The molecule has 8 heteroatoms. The van der Waals surface area contributed by atoms with Crippen LogP contribution in [0.25, 0.3) is 0 Å². The molecule has 2 N–H and O–H groups in total. The molecule has 0 aliphatic rings. The highest BCUT2D eigenvalue weighted by Crippen LogP contribution is 2.27. The van der Waals surface area contributed by atoms with E-state index >= 15 is 0 Å².